The Morgan fingerprint density at radius 1 is 1.31 bits per heavy atom. The monoisotopic (exact) mass is 239 g/mol. The summed E-state index contributed by atoms with van der Waals surface area (Å²) in [7, 11) is 0. The van der Waals surface area contributed by atoms with Crippen molar-refractivity contribution in [2.75, 3.05) is 19.0 Å². The SMILES string of the molecule is CC(N)CSc1ccc2c(c1)OCCCO2. The molecule has 1 aliphatic rings. The molecule has 0 aromatic heterocycles. The first kappa shape index (κ1) is 11.6. The molecule has 0 fully saturated rings. The van der Waals surface area contributed by atoms with E-state index >= 15 is 0 Å². The third-order valence-electron chi connectivity index (χ3n) is 2.23. The first-order chi connectivity index (χ1) is 7.75. The van der Waals surface area contributed by atoms with Crippen LogP contribution in [-0.2, 0) is 0 Å². The molecule has 1 heterocycles. The zero-order valence-corrected chi connectivity index (χ0v) is 10.3. The molecule has 1 atom stereocenters. The Hall–Kier alpha value is -0.870. The summed E-state index contributed by atoms with van der Waals surface area (Å²) in [6, 6.07) is 6.28. The van der Waals surface area contributed by atoms with Gasteiger partial charge in [-0.25, -0.2) is 0 Å². The smallest absolute Gasteiger partial charge is 0.162 e. The summed E-state index contributed by atoms with van der Waals surface area (Å²) >= 11 is 1.75. The van der Waals surface area contributed by atoms with Gasteiger partial charge >= 0.3 is 0 Å². The second-order valence-corrected chi connectivity index (χ2v) is 5.04. The van der Waals surface area contributed by atoms with Crippen LogP contribution in [0.2, 0.25) is 0 Å². The molecule has 0 saturated heterocycles. The fourth-order valence-corrected chi connectivity index (χ4v) is 2.27. The van der Waals surface area contributed by atoms with Crippen molar-refractivity contribution in [2.24, 2.45) is 5.73 Å². The molecule has 0 radical (unpaired) electrons. The number of nitrogens with two attached hydrogens (primary N) is 1. The maximum atomic E-state index is 5.73. The fourth-order valence-electron chi connectivity index (χ4n) is 1.46. The summed E-state index contributed by atoms with van der Waals surface area (Å²) < 4.78 is 11.2. The molecule has 16 heavy (non-hydrogen) atoms. The Bertz CT molecular complexity index is 355. The van der Waals surface area contributed by atoms with Crippen LogP contribution in [0.25, 0.3) is 0 Å². The summed E-state index contributed by atoms with van der Waals surface area (Å²) in [6.07, 6.45) is 0.941. The van der Waals surface area contributed by atoms with E-state index in [9.17, 15) is 0 Å². The zero-order valence-electron chi connectivity index (χ0n) is 9.44. The number of hydrogen-bond donors (Lipinski definition) is 1. The Balaban J connectivity index is 2.08. The standard InChI is InChI=1S/C12H17NO2S/c1-9(13)8-16-10-3-4-11-12(7-10)15-6-2-5-14-11/h3-4,7,9H,2,5-6,8,13H2,1H3. The summed E-state index contributed by atoms with van der Waals surface area (Å²) in [4.78, 5) is 1.18. The Labute approximate surface area is 100 Å². The van der Waals surface area contributed by atoms with Gasteiger partial charge in [0.2, 0.25) is 0 Å². The van der Waals surface area contributed by atoms with Crippen LogP contribution in [0.3, 0.4) is 0 Å². The molecule has 3 nitrogen and oxygen atoms in total. The highest BCUT2D eigenvalue weighted by molar-refractivity contribution is 7.99. The minimum atomic E-state index is 0.209. The molecule has 1 unspecified atom stereocenters. The average Bonchev–Trinajstić information content (AvgIpc) is 2.50. The van der Waals surface area contributed by atoms with Gasteiger partial charge in [0.15, 0.2) is 11.5 Å². The van der Waals surface area contributed by atoms with E-state index in [1.165, 1.54) is 4.90 Å². The van der Waals surface area contributed by atoms with E-state index in [1.807, 2.05) is 19.1 Å². The molecule has 4 heteroatoms. The van der Waals surface area contributed by atoms with Crippen LogP contribution >= 0.6 is 11.8 Å². The zero-order chi connectivity index (χ0) is 11.4. The van der Waals surface area contributed by atoms with Gasteiger partial charge in [-0.2, -0.15) is 0 Å². The molecule has 0 aliphatic carbocycles. The van der Waals surface area contributed by atoms with Gasteiger partial charge < -0.3 is 15.2 Å². The molecule has 2 N–H and O–H groups in total. The topological polar surface area (TPSA) is 44.5 Å². The van der Waals surface area contributed by atoms with E-state index in [1.54, 1.807) is 11.8 Å². The summed E-state index contributed by atoms with van der Waals surface area (Å²) in [5.74, 6) is 2.62. The van der Waals surface area contributed by atoms with Crippen molar-refractivity contribution in [2.45, 2.75) is 24.3 Å². The summed E-state index contributed by atoms with van der Waals surface area (Å²) in [5, 5.41) is 0. The lowest BCUT2D eigenvalue weighted by Gasteiger charge is -2.09. The molecule has 0 saturated carbocycles. The first-order valence-electron chi connectivity index (χ1n) is 5.54. The van der Waals surface area contributed by atoms with Gasteiger partial charge in [0, 0.05) is 23.1 Å². The molecule has 0 amide bonds. The van der Waals surface area contributed by atoms with Crippen LogP contribution in [0.5, 0.6) is 11.5 Å². The van der Waals surface area contributed by atoms with Crippen LogP contribution in [0.1, 0.15) is 13.3 Å². The van der Waals surface area contributed by atoms with Gasteiger partial charge in [0.05, 0.1) is 13.2 Å². The molecule has 88 valence electrons. The third kappa shape index (κ3) is 3.06. The third-order valence-corrected chi connectivity index (χ3v) is 3.51. The Kier molecular flexibility index (Phi) is 3.96. The normalized spacial score (nSPS) is 16.6. The number of ether oxygens (including phenoxy) is 2. The second-order valence-electron chi connectivity index (χ2n) is 3.95. The molecular weight excluding hydrogens is 222 g/mol. The predicted octanol–water partition coefficient (Wildman–Crippen LogP) is 2.29. The van der Waals surface area contributed by atoms with Crippen molar-refractivity contribution in [3.8, 4) is 11.5 Å². The van der Waals surface area contributed by atoms with Crippen molar-refractivity contribution in [1.29, 1.82) is 0 Å². The lowest BCUT2D eigenvalue weighted by atomic mass is 10.3. The van der Waals surface area contributed by atoms with Crippen molar-refractivity contribution >= 4 is 11.8 Å². The van der Waals surface area contributed by atoms with Crippen LogP contribution in [0.4, 0.5) is 0 Å². The lowest BCUT2D eigenvalue weighted by molar-refractivity contribution is 0.297. The summed E-state index contributed by atoms with van der Waals surface area (Å²) in [6.45, 7) is 3.48. The number of hydrogen-bond acceptors (Lipinski definition) is 4. The molecule has 1 aromatic rings. The predicted molar refractivity (Wildman–Crippen MR) is 66.4 cm³/mol. The van der Waals surface area contributed by atoms with Crippen LogP contribution in [0.15, 0.2) is 23.1 Å². The maximum absolute atomic E-state index is 5.73. The van der Waals surface area contributed by atoms with Crippen LogP contribution in [-0.4, -0.2) is 25.0 Å². The molecule has 1 aromatic carbocycles. The van der Waals surface area contributed by atoms with E-state index in [0.29, 0.717) is 0 Å². The molecule has 0 bridgehead atoms. The number of rotatable bonds is 3. The van der Waals surface area contributed by atoms with Crippen molar-refractivity contribution < 1.29 is 9.47 Å². The van der Waals surface area contributed by atoms with Crippen molar-refractivity contribution in [3.05, 3.63) is 18.2 Å². The average molecular weight is 239 g/mol. The van der Waals surface area contributed by atoms with E-state index < -0.39 is 0 Å². The van der Waals surface area contributed by atoms with E-state index in [2.05, 4.69) is 6.07 Å². The number of thioether (sulfide) groups is 1. The van der Waals surface area contributed by atoms with E-state index in [-0.39, 0.29) is 6.04 Å². The highest BCUT2D eigenvalue weighted by Gasteiger charge is 2.10. The second kappa shape index (κ2) is 5.46. The summed E-state index contributed by atoms with van der Waals surface area (Å²) in [5.41, 5.74) is 5.73. The molecule has 2 rings (SSSR count). The van der Waals surface area contributed by atoms with Crippen LogP contribution in [0, 0.1) is 0 Å². The van der Waals surface area contributed by atoms with Gasteiger partial charge in [-0.05, 0) is 25.1 Å². The minimum Gasteiger partial charge on any atom is -0.490 e. The lowest BCUT2D eigenvalue weighted by Crippen LogP contribution is -2.17. The van der Waals surface area contributed by atoms with Crippen molar-refractivity contribution in [1.82, 2.24) is 0 Å². The minimum absolute atomic E-state index is 0.209. The largest absolute Gasteiger partial charge is 0.490 e. The molecule has 0 spiro atoms. The van der Waals surface area contributed by atoms with Gasteiger partial charge in [-0.3, -0.25) is 0 Å². The maximum Gasteiger partial charge on any atom is 0.162 e. The highest BCUT2D eigenvalue weighted by atomic mass is 32.2. The molecule has 1 aliphatic heterocycles. The quantitative estimate of drug-likeness (QED) is 0.822. The van der Waals surface area contributed by atoms with Gasteiger partial charge in [-0.1, -0.05) is 0 Å². The van der Waals surface area contributed by atoms with Crippen LogP contribution < -0.4 is 15.2 Å². The van der Waals surface area contributed by atoms with Crippen molar-refractivity contribution in [3.63, 3.8) is 0 Å². The Morgan fingerprint density at radius 3 is 2.81 bits per heavy atom. The first-order valence-corrected chi connectivity index (χ1v) is 6.52. The van der Waals surface area contributed by atoms with E-state index in [4.69, 9.17) is 15.2 Å². The van der Waals surface area contributed by atoms with Gasteiger partial charge in [-0.15, -0.1) is 11.8 Å². The van der Waals surface area contributed by atoms with Gasteiger partial charge in [0.1, 0.15) is 0 Å². The fraction of sp³-hybridized carbons (Fsp3) is 0.500. The highest BCUT2D eigenvalue weighted by Crippen LogP contribution is 2.33. The number of benzene rings is 1. The molecular formula is C12H17NO2S. The Morgan fingerprint density at radius 2 is 2.06 bits per heavy atom. The van der Waals surface area contributed by atoms with E-state index in [0.717, 1.165) is 36.9 Å². The van der Waals surface area contributed by atoms with Gasteiger partial charge in [0.25, 0.3) is 0 Å². The number of fused-ring (bicyclic) bond motifs is 1.